The van der Waals surface area contributed by atoms with Gasteiger partial charge in [0.1, 0.15) is 0 Å². The van der Waals surface area contributed by atoms with Gasteiger partial charge in [0.05, 0.1) is 12.8 Å². The van der Waals surface area contributed by atoms with E-state index in [0.717, 1.165) is 0 Å². The van der Waals surface area contributed by atoms with Gasteiger partial charge in [-0.1, -0.05) is 0 Å². The van der Waals surface area contributed by atoms with Crippen LogP contribution in [0.1, 0.15) is 12.8 Å². The highest BCUT2D eigenvalue weighted by Gasteiger charge is 2.33. The third kappa shape index (κ3) is 6.84. The number of esters is 1. The minimum Gasteiger partial charge on any atom is -0.481 e. The second-order valence-corrected chi connectivity index (χ2v) is 1.81. The fourth-order valence-corrected chi connectivity index (χ4v) is 0.389. The number of rotatable bonds is 3. The van der Waals surface area contributed by atoms with Gasteiger partial charge >= 0.3 is 18.3 Å². The molecular formula is C5H5F3O4. The molecule has 0 bridgehead atoms. The van der Waals surface area contributed by atoms with Crippen molar-refractivity contribution in [1.29, 1.82) is 0 Å². The van der Waals surface area contributed by atoms with E-state index in [1.165, 1.54) is 0 Å². The Hall–Kier alpha value is -1.27. The molecule has 0 aromatic heterocycles. The number of aliphatic carboxylic acids is 1. The van der Waals surface area contributed by atoms with Gasteiger partial charge in [0.25, 0.3) is 0 Å². The summed E-state index contributed by atoms with van der Waals surface area (Å²) in [6, 6.07) is 0. The molecule has 1 N–H and O–H groups in total. The van der Waals surface area contributed by atoms with Gasteiger partial charge in [0, 0.05) is 0 Å². The maximum absolute atomic E-state index is 11.2. The minimum atomic E-state index is -5.03. The highest BCUT2D eigenvalue weighted by molar-refractivity contribution is 5.76. The molecule has 0 saturated carbocycles. The summed E-state index contributed by atoms with van der Waals surface area (Å²) in [5.41, 5.74) is 0. The van der Waals surface area contributed by atoms with Gasteiger partial charge in [-0.05, 0) is 0 Å². The van der Waals surface area contributed by atoms with Crippen molar-refractivity contribution in [2.45, 2.75) is 19.2 Å². The van der Waals surface area contributed by atoms with Crippen LogP contribution in [0.5, 0.6) is 0 Å². The van der Waals surface area contributed by atoms with E-state index >= 15 is 0 Å². The Morgan fingerprint density at radius 3 is 2.08 bits per heavy atom. The van der Waals surface area contributed by atoms with Crippen molar-refractivity contribution in [3.63, 3.8) is 0 Å². The first-order valence-corrected chi connectivity index (χ1v) is 2.81. The van der Waals surface area contributed by atoms with E-state index in [-0.39, 0.29) is 0 Å². The fraction of sp³-hybridized carbons (Fsp3) is 0.600. The second-order valence-electron chi connectivity index (χ2n) is 1.81. The molecule has 0 heterocycles. The molecule has 0 aliphatic rings. The Morgan fingerprint density at radius 2 is 1.75 bits per heavy atom. The number of alkyl halides is 3. The van der Waals surface area contributed by atoms with Gasteiger partial charge in [-0.25, -0.2) is 0 Å². The molecule has 0 aromatic carbocycles. The molecule has 70 valence electrons. The van der Waals surface area contributed by atoms with Crippen molar-refractivity contribution in [3.8, 4) is 0 Å². The first-order chi connectivity index (χ1) is 5.31. The largest absolute Gasteiger partial charge is 0.575 e. The molecule has 0 amide bonds. The van der Waals surface area contributed by atoms with Crippen LogP contribution in [0.15, 0.2) is 0 Å². The molecule has 0 aromatic rings. The van der Waals surface area contributed by atoms with E-state index in [9.17, 15) is 22.8 Å². The highest BCUT2D eigenvalue weighted by Crippen LogP contribution is 2.17. The van der Waals surface area contributed by atoms with Crippen LogP contribution in [0.2, 0.25) is 0 Å². The van der Waals surface area contributed by atoms with Crippen molar-refractivity contribution in [2.24, 2.45) is 0 Å². The molecule has 0 unspecified atom stereocenters. The summed E-state index contributed by atoms with van der Waals surface area (Å²) in [6.07, 6.45) is -6.49. The summed E-state index contributed by atoms with van der Waals surface area (Å²) in [4.78, 5) is 19.9. The molecule has 0 aliphatic carbocycles. The lowest BCUT2D eigenvalue weighted by Gasteiger charge is -2.05. The maximum Gasteiger partial charge on any atom is 0.575 e. The third-order valence-corrected chi connectivity index (χ3v) is 0.773. The lowest BCUT2D eigenvalue weighted by molar-refractivity contribution is -0.305. The Labute approximate surface area is 64.9 Å². The van der Waals surface area contributed by atoms with Gasteiger partial charge in [-0.2, -0.15) is 0 Å². The van der Waals surface area contributed by atoms with E-state index in [1.807, 2.05) is 0 Å². The van der Waals surface area contributed by atoms with Gasteiger partial charge in [-0.3, -0.25) is 9.59 Å². The van der Waals surface area contributed by atoms with Crippen LogP contribution in [0.4, 0.5) is 13.2 Å². The fourth-order valence-electron chi connectivity index (χ4n) is 0.389. The first-order valence-electron chi connectivity index (χ1n) is 2.81. The van der Waals surface area contributed by atoms with Crippen LogP contribution < -0.4 is 0 Å². The number of carbonyl (C=O) groups is 2. The Kier molecular flexibility index (Phi) is 3.52. The van der Waals surface area contributed by atoms with Crippen LogP contribution in [-0.4, -0.2) is 23.4 Å². The summed E-state index contributed by atoms with van der Waals surface area (Å²) in [6.45, 7) is 0. The van der Waals surface area contributed by atoms with E-state index < -0.39 is 31.1 Å². The van der Waals surface area contributed by atoms with Crippen molar-refractivity contribution < 1.29 is 32.6 Å². The quantitative estimate of drug-likeness (QED) is 0.665. The number of hydrogen-bond donors (Lipinski definition) is 1. The van der Waals surface area contributed by atoms with E-state index in [4.69, 9.17) is 5.11 Å². The molecule has 0 radical (unpaired) electrons. The van der Waals surface area contributed by atoms with Crippen LogP contribution >= 0.6 is 0 Å². The Balaban J connectivity index is 3.68. The van der Waals surface area contributed by atoms with Gasteiger partial charge in [-0.15, -0.1) is 13.2 Å². The number of hydrogen-bond acceptors (Lipinski definition) is 3. The number of carboxylic acids is 1. The Bertz CT molecular complexity index is 186. The summed E-state index contributed by atoms with van der Waals surface area (Å²) < 4.78 is 36.6. The predicted molar refractivity (Wildman–Crippen MR) is 29.0 cm³/mol. The second kappa shape index (κ2) is 3.93. The summed E-state index contributed by atoms with van der Waals surface area (Å²) in [5.74, 6) is -2.95. The topological polar surface area (TPSA) is 63.6 Å². The number of carbonyl (C=O) groups excluding carboxylic acids is 1. The predicted octanol–water partition coefficient (Wildman–Crippen LogP) is 0.914. The van der Waals surface area contributed by atoms with E-state index in [0.29, 0.717) is 0 Å². The summed E-state index contributed by atoms with van der Waals surface area (Å²) in [7, 11) is 0. The molecule has 0 aliphatic heterocycles. The van der Waals surface area contributed by atoms with Crippen LogP contribution in [-0.2, 0) is 14.3 Å². The molecule has 12 heavy (non-hydrogen) atoms. The molecule has 0 atom stereocenters. The van der Waals surface area contributed by atoms with Crippen LogP contribution in [0.25, 0.3) is 0 Å². The molecule has 0 rings (SSSR count). The van der Waals surface area contributed by atoms with E-state index in [2.05, 4.69) is 4.74 Å². The Morgan fingerprint density at radius 1 is 1.25 bits per heavy atom. The summed E-state index contributed by atoms with van der Waals surface area (Å²) >= 11 is 0. The zero-order valence-electron chi connectivity index (χ0n) is 5.72. The monoisotopic (exact) mass is 186 g/mol. The molecule has 7 heteroatoms. The van der Waals surface area contributed by atoms with Crippen molar-refractivity contribution >= 4 is 11.9 Å². The zero-order valence-corrected chi connectivity index (χ0v) is 5.72. The maximum atomic E-state index is 11.2. The molecule has 4 nitrogen and oxygen atoms in total. The number of carboxylic acid groups (broad SMARTS) is 1. The molecule has 0 saturated heterocycles. The lowest BCUT2D eigenvalue weighted by Crippen LogP contribution is -2.19. The van der Waals surface area contributed by atoms with Crippen molar-refractivity contribution in [2.75, 3.05) is 0 Å². The van der Waals surface area contributed by atoms with Gasteiger partial charge < -0.3 is 9.84 Å². The molecule has 0 fully saturated rings. The smallest absolute Gasteiger partial charge is 0.481 e. The number of ether oxygens (including phenoxy) is 1. The van der Waals surface area contributed by atoms with E-state index in [1.54, 1.807) is 0 Å². The summed E-state index contributed by atoms with van der Waals surface area (Å²) in [5, 5.41) is 7.97. The number of halogens is 3. The average molecular weight is 186 g/mol. The average Bonchev–Trinajstić information content (AvgIpc) is 1.79. The van der Waals surface area contributed by atoms with Crippen LogP contribution in [0, 0.1) is 0 Å². The lowest BCUT2D eigenvalue weighted by atomic mass is 10.3. The molecule has 0 spiro atoms. The standard InChI is InChI=1S/C5H5F3O4/c6-5(7,8)12-4(11)2-1-3(9)10/h1-2H2,(H,9,10). The highest BCUT2D eigenvalue weighted by atomic mass is 19.4. The van der Waals surface area contributed by atoms with Crippen molar-refractivity contribution in [1.82, 2.24) is 0 Å². The third-order valence-electron chi connectivity index (χ3n) is 0.773. The minimum absolute atomic E-state index is 0.672. The van der Waals surface area contributed by atoms with Gasteiger partial charge in [0.15, 0.2) is 0 Å². The van der Waals surface area contributed by atoms with Gasteiger partial charge in [0.2, 0.25) is 0 Å². The first kappa shape index (κ1) is 10.7. The van der Waals surface area contributed by atoms with Crippen molar-refractivity contribution in [3.05, 3.63) is 0 Å². The van der Waals surface area contributed by atoms with Crippen LogP contribution in [0.3, 0.4) is 0 Å². The SMILES string of the molecule is O=C(O)CCC(=O)OC(F)(F)F. The zero-order chi connectivity index (χ0) is 9.78. The normalized spacial score (nSPS) is 10.9. The molecular weight excluding hydrogens is 181 g/mol.